The van der Waals surface area contributed by atoms with Gasteiger partial charge in [0.05, 0.1) is 8.07 Å². The van der Waals surface area contributed by atoms with Gasteiger partial charge in [-0.1, -0.05) is 84.1 Å². The normalized spacial score (nSPS) is 41.2. The van der Waals surface area contributed by atoms with Crippen LogP contribution < -0.4 is 10.6 Å². The van der Waals surface area contributed by atoms with Gasteiger partial charge in [-0.15, -0.1) is 9.24 Å². The Morgan fingerprint density at radius 1 is 0.846 bits per heavy atom. The van der Waals surface area contributed by atoms with E-state index in [4.69, 9.17) is 0 Å². The lowest BCUT2D eigenvalue weighted by molar-refractivity contribution is 0.0242. The van der Waals surface area contributed by atoms with E-state index in [0.29, 0.717) is 23.2 Å². The molecule has 39 heavy (non-hydrogen) atoms. The second-order valence-corrected chi connectivity index (χ2v) is 26.0. The van der Waals surface area contributed by atoms with Crippen molar-refractivity contribution in [3.05, 3.63) is 22.9 Å². The Bertz CT molecular complexity index is 901. The molecule has 5 atom stereocenters. The number of hydrogen-bond acceptors (Lipinski definition) is 2. The first kappa shape index (κ1) is 29.5. The average Bonchev–Trinajstić information content (AvgIpc) is 3.33. The van der Waals surface area contributed by atoms with Gasteiger partial charge in [0.15, 0.2) is 0 Å². The van der Waals surface area contributed by atoms with Gasteiger partial charge in [0.2, 0.25) is 0 Å². The summed E-state index contributed by atoms with van der Waals surface area (Å²) < 4.78 is 0. The van der Waals surface area contributed by atoms with Crippen LogP contribution in [0.5, 0.6) is 0 Å². The van der Waals surface area contributed by atoms with Crippen molar-refractivity contribution in [3.63, 3.8) is 0 Å². The van der Waals surface area contributed by atoms with Crippen molar-refractivity contribution in [2.75, 3.05) is 19.3 Å². The lowest BCUT2D eigenvalue weighted by Gasteiger charge is -2.59. The molecule has 7 rings (SSSR count). The topological polar surface area (TPSA) is 24.1 Å². The molecule has 5 unspecified atom stereocenters. The van der Waals surface area contributed by atoms with Crippen LogP contribution in [0.15, 0.2) is 22.9 Å². The standard InChI is InChI=1S/C34H60N2P2Si/c1-33(2,3)38(32-25-16-23-15-24(18-25)19-26(32)17-23)22-27-20-28(39(4,5)6)21-29(27)34(37,30-11-7-9-13-35-30)31-12-8-10-14-36-31/h20-21,23-27,30-32,35-36H,7-19,22,37H2,1-6H3. The van der Waals surface area contributed by atoms with Crippen LogP contribution in [-0.2, 0) is 0 Å². The minimum absolute atomic E-state index is 0.0463. The summed E-state index contributed by atoms with van der Waals surface area (Å²) in [6, 6.07) is 1.16. The Labute approximate surface area is 246 Å². The molecule has 2 saturated heterocycles. The van der Waals surface area contributed by atoms with Gasteiger partial charge in [-0.25, -0.2) is 0 Å². The van der Waals surface area contributed by atoms with Crippen LogP contribution in [0.2, 0.25) is 19.6 Å². The molecule has 6 fully saturated rings. The summed E-state index contributed by atoms with van der Waals surface area (Å²) in [5.74, 6) is 4.88. The molecule has 2 heterocycles. The summed E-state index contributed by atoms with van der Waals surface area (Å²) in [6.45, 7) is 18.0. The molecule has 2 nitrogen and oxygen atoms in total. The quantitative estimate of drug-likeness (QED) is 0.231. The predicted molar refractivity (Wildman–Crippen MR) is 179 cm³/mol. The molecule has 2 aliphatic heterocycles. The van der Waals surface area contributed by atoms with Crippen molar-refractivity contribution in [1.82, 2.24) is 10.6 Å². The average molecular weight is 587 g/mol. The van der Waals surface area contributed by atoms with Crippen molar-refractivity contribution in [2.24, 2.45) is 29.6 Å². The van der Waals surface area contributed by atoms with E-state index in [1.54, 1.807) is 37.3 Å². The second-order valence-electron chi connectivity index (χ2n) is 16.8. The number of rotatable bonds is 7. The maximum Gasteiger partial charge on any atom is 0.0772 e. The van der Waals surface area contributed by atoms with E-state index in [0.717, 1.165) is 29.3 Å². The zero-order valence-corrected chi connectivity index (χ0v) is 29.2. The lowest BCUT2D eigenvalue weighted by Crippen LogP contribution is -2.62. The third kappa shape index (κ3) is 5.74. The van der Waals surface area contributed by atoms with E-state index in [-0.39, 0.29) is 13.1 Å². The highest BCUT2D eigenvalue weighted by Gasteiger charge is 2.54. The summed E-state index contributed by atoms with van der Waals surface area (Å²) in [4.78, 5) is 0. The van der Waals surface area contributed by atoms with Crippen molar-refractivity contribution in [3.8, 4) is 0 Å². The first-order valence-electron chi connectivity index (χ1n) is 16.9. The monoisotopic (exact) mass is 586 g/mol. The lowest BCUT2D eigenvalue weighted by atomic mass is 9.56. The molecule has 0 amide bonds. The van der Waals surface area contributed by atoms with Gasteiger partial charge in [-0.05, 0) is 112 Å². The summed E-state index contributed by atoms with van der Waals surface area (Å²) >= 11 is 0. The van der Waals surface area contributed by atoms with E-state index in [9.17, 15) is 0 Å². The fourth-order valence-electron chi connectivity index (χ4n) is 10.3. The van der Waals surface area contributed by atoms with Gasteiger partial charge in [0, 0.05) is 23.2 Å². The van der Waals surface area contributed by atoms with E-state index in [1.165, 1.54) is 57.8 Å². The molecular formula is C34H60N2P2Si. The SMILES string of the molecule is CC(C)(C)P(CC1C=C([Si](C)(C)C)C=C1C(P)(C1CCCCN1)C1CCCCN1)C1C2CC3CC(C2)CC1C3. The fraction of sp³-hybridized carbons (Fsp3) is 0.882. The fourth-order valence-corrected chi connectivity index (χ4v) is 16.4. The Balaban J connectivity index is 1.37. The summed E-state index contributed by atoms with van der Waals surface area (Å²) in [5, 5.41) is 10.5. The van der Waals surface area contributed by atoms with Crippen LogP contribution >= 0.6 is 17.2 Å². The van der Waals surface area contributed by atoms with Crippen LogP contribution in [0.1, 0.15) is 91.4 Å². The van der Waals surface area contributed by atoms with Gasteiger partial charge in [-0.2, -0.15) is 0 Å². The first-order valence-corrected chi connectivity index (χ1v) is 22.6. The van der Waals surface area contributed by atoms with Crippen LogP contribution in [0.25, 0.3) is 0 Å². The smallest absolute Gasteiger partial charge is 0.0772 e. The van der Waals surface area contributed by atoms with Gasteiger partial charge in [0.1, 0.15) is 0 Å². The second kappa shape index (κ2) is 11.2. The van der Waals surface area contributed by atoms with Crippen LogP contribution in [0, 0.1) is 29.6 Å². The van der Waals surface area contributed by atoms with Crippen LogP contribution in [0.3, 0.4) is 0 Å². The van der Waals surface area contributed by atoms with Crippen LogP contribution in [-0.4, -0.2) is 55.4 Å². The number of hydrogen-bond donors (Lipinski definition) is 2. The highest BCUT2D eigenvalue weighted by molar-refractivity contribution is 7.60. The van der Waals surface area contributed by atoms with Gasteiger partial charge in [0.25, 0.3) is 0 Å². The van der Waals surface area contributed by atoms with E-state index >= 15 is 0 Å². The largest absolute Gasteiger partial charge is 0.313 e. The van der Waals surface area contributed by atoms with Crippen molar-refractivity contribution in [1.29, 1.82) is 0 Å². The minimum atomic E-state index is -1.41. The Kier molecular flexibility index (Phi) is 8.48. The molecule has 0 aromatic heterocycles. The number of piperidine rings is 2. The highest BCUT2D eigenvalue weighted by atomic mass is 31.1. The zero-order chi connectivity index (χ0) is 27.6. The number of nitrogens with one attached hydrogen (secondary N) is 2. The number of allylic oxidation sites excluding steroid dienone is 3. The van der Waals surface area contributed by atoms with E-state index < -0.39 is 8.07 Å². The first-order chi connectivity index (χ1) is 18.4. The maximum atomic E-state index is 4.09. The molecule has 4 bridgehead atoms. The minimum Gasteiger partial charge on any atom is -0.313 e. The molecule has 4 saturated carbocycles. The van der Waals surface area contributed by atoms with Gasteiger partial charge in [-0.3, -0.25) is 0 Å². The molecule has 0 aromatic rings. The summed E-state index contributed by atoms with van der Waals surface area (Å²) in [7, 11) is 2.13. The molecule has 2 N–H and O–H groups in total. The molecule has 0 radical (unpaired) electrons. The maximum absolute atomic E-state index is 4.09. The third-order valence-electron chi connectivity index (χ3n) is 12.0. The molecule has 0 spiro atoms. The Hall–Kier alpha value is 0.477. The van der Waals surface area contributed by atoms with Crippen molar-refractivity contribution in [2.45, 2.75) is 139 Å². The molecule has 220 valence electrons. The Morgan fingerprint density at radius 3 is 1.82 bits per heavy atom. The van der Waals surface area contributed by atoms with Crippen LogP contribution in [0.4, 0.5) is 0 Å². The highest BCUT2D eigenvalue weighted by Crippen LogP contribution is 2.68. The zero-order valence-electron chi connectivity index (χ0n) is 26.2. The molecule has 0 aromatic carbocycles. The molecular weight excluding hydrogens is 526 g/mol. The molecule has 5 heteroatoms. The van der Waals surface area contributed by atoms with E-state index in [2.05, 4.69) is 72.4 Å². The van der Waals surface area contributed by atoms with Gasteiger partial charge < -0.3 is 10.6 Å². The Morgan fingerprint density at radius 2 is 1.38 bits per heavy atom. The summed E-state index contributed by atoms with van der Waals surface area (Å²) in [5.41, 5.74) is 2.84. The van der Waals surface area contributed by atoms with Crippen molar-refractivity contribution < 1.29 is 0 Å². The molecule has 5 aliphatic carbocycles. The van der Waals surface area contributed by atoms with Gasteiger partial charge >= 0.3 is 0 Å². The summed E-state index contributed by atoms with van der Waals surface area (Å²) in [6.07, 6.45) is 23.1. The van der Waals surface area contributed by atoms with Crippen molar-refractivity contribution >= 4 is 25.2 Å². The predicted octanol–water partition coefficient (Wildman–Crippen LogP) is 8.35. The third-order valence-corrected chi connectivity index (χ3v) is 19.3. The molecule has 7 aliphatic rings. The van der Waals surface area contributed by atoms with E-state index in [1.807, 2.05) is 5.57 Å².